The second-order valence-electron chi connectivity index (χ2n) is 16.3. The van der Waals surface area contributed by atoms with E-state index in [1.54, 1.807) is 0 Å². The summed E-state index contributed by atoms with van der Waals surface area (Å²) in [6.45, 7) is 8.74. The second kappa shape index (κ2) is 36.9. The maximum absolute atomic E-state index is 12.9. The van der Waals surface area contributed by atoms with Gasteiger partial charge in [0.1, 0.15) is 12.1 Å². The maximum atomic E-state index is 12.9. The molecular formula is C46H87NO7. The molecular weight excluding hydrogens is 679 g/mol. The third-order valence-corrected chi connectivity index (χ3v) is 11.1. The third-order valence-electron chi connectivity index (χ3n) is 11.1. The number of ether oxygens (including phenoxy) is 3. The molecule has 1 fully saturated rings. The molecule has 318 valence electrons. The average molecular weight is 766 g/mol. The van der Waals surface area contributed by atoms with Gasteiger partial charge in [-0.3, -0.25) is 19.3 Å². The maximum Gasteiger partial charge on any atom is 0.323 e. The average Bonchev–Trinajstić information content (AvgIpc) is 3.54. The van der Waals surface area contributed by atoms with Gasteiger partial charge in [0.05, 0.1) is 19.3 Å². The highest BCUT2D eigenvalue weighted by molar-refractivity contribution is 5.76. The number of esters is 3. The van der Waals surface area contributed by atoms with Gasteiger partial charge in [-0.25, -0.2) is 0 Å². The van der Waals surface area contributed by atoms with Gasteiger partial charge in [0.25, 0.3) is 0 Å². The van der Waals surface area contributed by atoms with Crippen LogP contribution in [0.1, 0.15) is 233 Å². The molecule has 0 radical (unpaired) electrons. The van der Waals surface area contributed by atoms with Gasteiger partial charge in [-0.1, -0.05) is 156 Å². The number of β-amino-alcohol motifs (C(OH)–C–C–N with tert-alkyl or cyclic N) is 1. The second-order valence-corrected chi connectivity index (χ2v) is 16.3. The van der Waals surface area contributed by atoms with Crippen molar-refractivity contribution in [3.8, 4) is 0 Å². The van der Waals surface area contributed by atoms with Crippen molar-refractivity contribution in [3.63, 3.8) is 0 Å². The molecule has 1 unspecified atom stereocenters. The van der Waals surface area contributed by atoms with E-state index in [0.29, 0.717) is 52.0 Å². The van der Waals surface area contributed by atoms with Crippen LogP contribution in [0.15, 0.2) is 0 Å². The van der Waals surface area contributed by atoms with Gasteiger partial charge in [-0.15, -0.1) is 0 Å². The van der Waals surface area contributed by atoms with Crippen LogP contribution in [-0.2, 0) is 28.6 Å². The van der Waals surface area contributed by atoms with Gasteiger partial charge in [-0.05, 0) is 64.3 Å². The summed E-state index contributed by atoms with van der Waals surface area (Å²) in [7, 11) is 0. The van der Waals surface area contributed by atoms with Crippen LogP contribution in [-0.4, -0.2) is 72.5 Å². The van der Waals surface area contributed by atoms with Crippen molar-refractivity contribution < 1.29 is 33.7 Å². The van der Waals surface area contributed by atoms with E-state index < -0.39 is 12.1 Å². The largest absolute Gasteiger partial charge is 0.466 e. The molecule has 2 atom stereocenters. The number of hydrogen-bond acceptors (Lipinski definition) is 8. The summed E-state index contributed by atoms with van der Waals surface area (Å²) >= 11 is 0. The van der Waals surface area contributed by atoms with Crippen molar-refractivity contribution in [3.05, 3.63) is 0 Å². The predicted octanol–water partition coefficient (Wildman–Crippen LogP) is 12.0. The zero-order valence-corrected chi connectivity index (χ0v) is 35.7. The quantitative estimate of drug-likeness (QED) is 0.0375. The summed E-state index contributed by atoms with van der Waals surface area (Å²) in [6, 6.07) is -0.421. The van der Waals surface area contributed by atoms with Gasteiger partial charge in [-0.2, -0.15) is 0 Å². The van der Waals surface area contributed by atoms with Crippen molar-refractivity contribution >= 4 is 17.9 Å². The molecule has 1 aliphatic heterocycles. The number of aliphatic hydroxyl groups is 1. The molecule has 0 aromatic heterocycles. The van der Waals surface area contributed by atoms with Crippen molar-refractivity contribution in [2.24, 2.45) is 0 Å². The summed E-state index contributed by atoms with van der Waals surface area (Å²) in [5, 5.41) is 10.3. The Hall–Kier alpha value is -1.67. The zero-order chi connectivity index (χ0) is 39.3. The van der Waals surface area contributed by atoms with Crippen molar-refractivity contribution in [2.45, 2.75) is 251 Å². The first kappa shape index (κ1) is 50.3. The number of rotatable bonds is 39. The van der Waals surface area contributed by atoms with Crippen LogP contribution in [0, 0.1) is 0 Å². The number of unbranched alkanes of at least 4 members (excludes halogenated alkanes) is 23. The molecule has 0 aliphatic carbocycles. The van der Waals surface area contributed by atoms with Crippen LogP contribution in [0.5, 0.6) is 0 Å². The van der Waals surface area contributed by atoms with Crippen LogP contribution >= 0.6 is 0 Å². The van der Waals surface area contributed by atoms with Crippen LogP contribution in [0.2, 0.25) is 0 Å². The molecule has 0 saturated carbocycles. The van der Waals surface area contributed by atoms with Crippen molar-refractivity contribution in [1.29, 1.82) is 0 Å². The molecule has 0 aromatic rings. The lowest BCUT2D eigenvalue weighted by molar-refractivity contribution is -0.150. The Morgan fingerprint density at radius 1 is 0.537 bits per heavy atom. The van der Waals surface area contributed by atoms with Gasteiger partial charge in [0.2, 0.25) is 0 Å². The van der Waals surface area contributed by atoms with E-state index in [0.717, 1.165) is 77.0 Å². The fraction of sp³-hybridized carbons (Fsp3) is 0.935. The van der Waals surface area contributed by atoms with E-state index in [1.165, 1.54) is 109 Å². The number of nitrogens with zero attached hydrogens (tertiary/aromatic N) is 1. The molecule has 1 aliphatic rings. The number of likely N-dealkylation sites (tertiary alicyclic amines) is 1. The number of carbonyl (C=O) groups excluding carboxylic acids is 3. The monoisotopic (exact) mass is 766 g/mol. The zero-order valence-electron chi connectivity index (χ0n) is 35.7. The Labute approximate surface area is 333 Å². The standard InChI is InChI=1S/C46H87NO7/c1-4-7-10-13-16-17-18-23-30-37-52-44(49)34-28-29-36-47-40-41(48)39-43(47)46(51)53-38-31-24-19-22-27-35-45(50)54-42(32-25-20-14-11-8-5-2)33-26-21-15-12-9-6-3/h41-43,48H,4-40H2,1-3H3/t41?,43-/m0/s1. The van der Waals surface area contributed by atoms with E-state index in [2.05, 4.69) is 20.8 Å². The number of carbonyl (C=O) groups is 3. The van der Waals surface area contributed by atoms with E-state index >= 15 is 0 Å². The van der Waals surface area contributed by atoms with Gasteiger partial charge < -0.3 is 19.3 Å². The lowest BCUT2D eigenvalue weighted by Gasteiger charge is -2.22. The van der Waals surface area contributed by atoms with Crippen molar-refractivity contribution in [1.82, 2.24) is 4.90 Å². The SMILES string of the molecule is CCCCCCCCCCCOC(=O)CCCCN1CC(O)C[C@H]1C(=O)OCCCCCCCC(=O)OC(CCCCCCCC)CCCCCCCC. The third kappa shape index (κ3) is 29.6. The minimum absolute atomic E-state index is 0.0431. The van der Waals surface area contributed by atoms with Gasteiger partial charge in [0, 0.05) is 25.8 Å². The topological polar surface area (TPSA) is 102 Å². The predicted molar refractivity (Wildman–Crippen MR) is 223 cm³/mol. The minimum Gasteiger partial charge on any atom is -0.466 e. The van der Waals surface area contributed by atoms with E-state index in [1.807, 2.05) is 4.90 Å². The normalized spacial score (nSPS) is 15.9. The Bertz CT molecular complexity index is 867. The van der Waals surface area contributed by atoms with E-state index in [9.17, 15) is 19.5 Å². The lowest BCUT2D eigenvalue weighted by Crippen LogP contribution is -2.38. The highest BCUT2D eigenvalue weighted by Crippen LogP contribution is 2.21. The molecule has 8 heteroatoms. The van der Waals surface area contributed by atoms with Gasteiger partial charge in [0.15, 0.2) is 0 Å². The van der Waals surface area contributed by atoms with Gasteiger partial charge >= 0.3 is 17.9 Å². The Kier molecular flexibility index (Phi) is 34.4. The van der Waals surface area contributed by atoms with Crippen LogP contribution in [0.3, 0.4) is 0 Å². The van der Waals surface area contributed by atoms with Crippen LogP contribution < -0.4 is 0 Å². The highest BCUT2D eigenvalue weighted by atomic mass is 16.5. The molecule has 0 amide bonds. The summed E-state index contributed by atoms with van der Waals surface area (Å²) < 4.78 is 17.0. The molecule has 1 rings (SSSR count). The fourth-order valence-electron chi connectivity index (χ4n) is 7.61. The first-order valence-corrected chi connectivity index (χ1v) is 23.3. The number of hydrogen-bond donors (Lipinski definition) is 1. The fourth-order valence-corrected chi connectivity index (χ4v) is 7.61. The highest BCUT2D eigenvalue weighted by Gasteiger charge is 2.36. The lowest BCUT2D eigenvalue weighted by atomic mass is 10.0. The van der Waals surface area contributed by atoms with Crippen LogP contribution in [0.25, 0.3) is 0 Å². The summed E-state index contributed by atoms with van der Waals surface area (Å²) in [5.74, 6) is -0.442. The molecule has 0 bridgehead atoms. The summed E-state index contributed by atoms with van der Waals surface area (Å²) in [5.41, 5.74) is 0. The smallest absolute Gasteiger partial charge is 0.323 e. The van der Waals surface area contributed by atoms with Crippen LogP contribution in [0.4, 0.5) is 0 Å². The first-order chi connectivity index (χ1) is 26.4. The Morgan fingerprint density at radius 2 is 0.963 bits per heavy atom. The van der Waals surface area contributed by atoms with E-state index in [4.69, 9.17) is 14.2 Å². The summed E-state index contributed by atoms with van der Waals surface area (Å²) in [6.07, 6.45) is 35.1. The van der Waals surface area contributed by atoms with E-state index in [-0.39, 0.29) is 24.0 Å². The Balaban J connectivity index is 2.15. The summed E-state index contributed by atoms with van der Waals surface area (Å²) in [4.78, 5) is 39.7. The molecule has 1 N–H and O–H groups in total. The number of aliphatic hydroxyl groups excluding tert-OH is 1. The molecule has 54 heavy (non-hydrogen) atoms. The molecule has 1 heterocycles. The molecule has 0 spiro atoms. The molecule has 0 aromatic carbocycles. The minimum atomic E-state index is -0.531. The molecule has 8 nitrogen and oxygen atoms in total. The van der Waals surface area contributed by atoms with Crippen molar-refractivity contribution in [2.75, 3.05) is 26.3 Å². The Morgan fingerprint density at radius 3 is 1.50 bits per heavy atom. The first-order valence-electron chi connectivity index (χ1n) is 23.3. The molecule has 1 saturated heterocycles.